The highest BCUT2D eigenvalue weighted by molar-refractivity contribution is 9.11. The van der Waals surface area contributed by atoms with Crippen LogP contribution in [0.25, 0.3) is 0 Å². The van der Waals surface area contributed by atoms with Crippen molar-refractivity contribution >= 4 is 45.0 Å². The van der Waals surface area contributed by atoms with Crippen molar-refractivity contribution in [3.63, 3.8) is 0 Å². The van der Waals surface area contributed by atoms with Crippen molar-refractivity contribution in [3.8, 4) is 0 Å². The van der Waals surface area contributed by atoms with E-state index in [4.69, 9.17) is 14.2 Å². The fraction of sp³-hybridized carbons (Fsp3) is 0.714. The highest BCUT2D eigenvalue weighted by Crippen LogP contribution is 2.53. The number of amides is 1. The standard InChI is InChI=1S/C21H27BrF2N2O5S/c1-20(2,3)31-19(28)25-13(14-11-7-30-8-12(11)14)6-26-9-21(23,24)5-10-15(26)16(18(27)29-4)32-17(10)22/h11-14H,5-9H2,1-4H3,(H,25,28). The van der Waals surface area contributed by atoms with Crippen LogP contribution in [0.1, 0.15) is 36.0 Å². The van der Waals surface area contributed by atoms with Gasteiger partial charge in [0.05, 0.1) is 42.4 Å². The van der Waals surface area contributed by atoms with Gasteiger partial charge >= 0.3 is 12.1 Å². The van der Waals surface area contributed by atoms with Gasteiger partial charge in [-0.05, 0) is 54.5 Å². The van der Waals surface area contributed by atoms with Gasteiger partial charge < -0.3 is 24.4 Å². The second-order valence-electron chi connectivity index (χ2n) is 9.63. The first-order chi connectivity index (χ1) is 14.9. The van der Waals surface area contributed by atoms with Crippen LogP contribution in [0.3, 0.4) is 0 Å². The highest BCUT2D eigenvalue weighted by atomic mass is 79.9. The van der Waals surface area contributed by atoms with E-state index in [-0.39, 0.29) is 29.2 Å². The topological polar surface area (TPSA) is 77.1 Å². The van der Waals surface area contributed by atoms with E-state index in [0.717, 1.165) is 11.3 Å². The number of carbonyl (C=O) groups is 2. The number of fused-ring (bicyclic) bond motifs is 2. The summed E-state index contributed by atoms with van der Waals surface area (Å²) in [5.41, 5.74) is 0.165. The van der Waals surface area contributed by atoms with Gasteiger partial charge in [-0.15, -0.1) is 11.3 Å². The summed E-state index contributed by atoms with van der Waals surface area (Å²) in [6.45, 7) is 6.09. The molecule has 32 heavy (non-hydrogen) atoms. The molecule has 0 radical (unpaired) electrons. The number of carbonyl (C=O) groups excluding carboxylic acids is 2. The second-order valence-corrected chi connectivity index (χ2v) is 12.0. The lowest BCUT2D eigenvalue weighted by Gasteiger charge is -2.37. The number of nitrogens with zero attached hydrogens (tertiary/aromatic N) is 1. The normalized spacial score (nSPS) is 26.7. The van der Waals surface area contributed by atoms with Crippen LogP contribution in [-0.2, 0) is 20.6 Å². The minimum absolute atomic E-state index is 0.110. The van der Waals surface area contributed by atoms with Gasteiger partial charge in [-0.1, -0.05) is 0 Å². The predicted molar refractivity (Wildman–Crippen MR) is 119 cm³/mol. The maximum atomic E-state index is 14.7. The first-order valence-electron chi connectivity index (χ1n) is 10.5. The number of hydrogen-bond donors (Lipinski definition) is 1. The molecule has 2 aliphatic heterocycles. The first-order valence-corrected chi connectivity index (χ1v) is 12.1. The maximum absolute atomic E-state index is 14.7. The van der Waals surface area contributed by atoms with Crippen LogP contribution < -0.4 is 10.2 Å². The summed E-state index contributed by atoms with van der Waals surface area (Å²) in [7, 11) is 1.27. The Kier molecular flexibility index (Phi) is 6.21. The molecule has 1 amide bonds. The van der Waals surface area contributed by atoms with Crippen LogP contribution in [0.2, 0.25) is 0 Å². The lowest BCUT2D eigenvalue weighted by molar-refractivity contribution is 0.00445. The summed E-state index contributed by atoms with van der Waals surface area (Å²) in [5.74, 6) is -2.86. The van der Waals surface area contributed by atoms with Gasteiger partial charge in [-0.3, -0.25) is 0 Å². The van der Waals surface area contributed by atoms with Crippen LogP contribution in [-0.4, -0.2) is 63.0 Å². The summed E-state index contributed by atoms with van der Waals surface area (Å²) >= 11 is 4.44. The smallest absolute Gasteiger partial charge is 0.407 e. The van der Waals surface area contributed by atoms with E-state index in [0.29, 0.717) is 28.3 Å². The largest absolute Gasteiger partial charge is 0.465 e. The molecule has 178 valence electrons. The highest BCUT2D eigenvalue weighted by Gasteiger charge is 2.58. The molecule has 3 atom stereocenters. The van der Waals surface area contributed by atoms with E-state index >= 15 is 0 Å². The van der Waals surface area contributed by atoms with Crippen LogP contribution >= 0.6 is 27.3 Å². The third-order valence-electron chi connectivity index (χ3n) is 6.08. The van der Waals surface area contributed by atoms with E-state index in [9.17, 15) is 18.4 Å². The number of ether oxygens (including phenoxy) is 3. The Morgan fingerprint density at radius 1 is 1.34 bits per heavy atom. The number of anilines is 1. The lowest BCUT2D eigenvalue weighted by atomic mass is 9.99. The fourth-order valence-electron chi connectivity index (χ4n) is 4.82. The van der Waals surface area contributed by atoms with Gasteiger partial charge in [0.2, 0.25) is 0 Å². The summed E-state index contributed by atoms with van der Waals surface area (Å²) in [6.07, 6.45) is -1.04. The number of thiophene rings is 1. The van der Waals surface area contributed by atoms with Crippen molar-refractivity contribution in [2.75, 3.05) is 38.3 Å². The van der Waals surface area contributed by atoms with Gasteiger partial charge in [0.15, 0.2) is 0 Å². The molecule has 4 rings (SSSR count). The van der Waals surface area contributed by atoms with E-state index in [2.05, 4.69) is 21.2 Å². The Labute approximate surface area is 197 Å². The molecular weight excluding hydrogens is 510 g/mol. The monoisotopic (exact) mass is 536 g/mol. The second kappa shape index (κ2) is 8.39. The number of alkyl carbamates (subject to hydrolysis) is 1. The van der Waals surface area contributed by atoms with E-state index < -0.39 is 42.6 Å². The van der Waals surface area contributed by atoms with Crippen molar-refractivity contribution < 1.29 is 32.6 Å². The van der Waals surface area contributed by atoms with Crippen LogP contribution in [0.15, 0.2) is 3.79 Å². The van der Waals surface area contributed by atoms with Gasteiger partial charge in [-0.25, -0.2) is 18.4 Å². The minimum Gasteiger partial charge on any atom is -0.465 e. The molecular formula is C21H27BrF2N2O5S. The number of rotatable bonds is 5. The molecule has 3 aliphatic rings. The van der Waals surface area contributed by atoms with Crippen LogP contribution in [0.5, 0.6) is 0 Å². The molecule has 3 unspecified atom stereocenters. The van der Waals surface area contributed by atoms with Gasteiger partial charge in [0.1, 0.15) is 10.5 Å². The van der Waals surface area contributed by atoms with Crippen LogP contribution in [0.4, 0.5) is 19.3 Å². The summed E-state index contributed by atoms with van der Waals surface area (Å²) < 4.78 is 45.6. The molecule has 1 aliphatic carbocycles. The van der Waals surface area contributed by atoms with Gasteiger partial charge in [0.25, 0.3) is 5.92 Å². The Bertz CT molecular complexity index is 909. The van der Waals surface area contributed by atoms with Crippen molar-refractivity contribution in [3.05, 3.63) is 14.2 Å². The van der Waals surface area contributed by atoms with Crippen LogP contribution in [0, 0.1) is 17.8 Å². The van der Waals surface area contributed by atoms with Gasteiger partial charge in [0, 0.05) is 18.5 Å². The quantitative estimate of drug-likeness (QED) is 0.571. The summed E-state index contributed by atoms with van der Waals surface area (Å²) in [4.78, 5) is 26.7. The van der Waals surface area contributed by atoms with E-state index in [1.165, 1.54) is 12.0 Å². The van der Waals surface area contributed by atoms with Crippen molar-refractivity contribution in [1.82, 2.24) is 5.32 Å². The molecule has 1 saturated carbocycles. The molecule has 0 aromatic carbocycles. The molecule has 11 heteroatoms. The number of methoxy groups -OCH3 is 1. The van der Waals surface area contributed by atoms with Gasteiger partial charge in [-0.2, -0.15) is 0 Å². The third-order valence-corrected chi connectivity index (χ3v) is 8.03. The molecule has 0 bridgehead atoms. The third kappa shape index (κ3) is 4.75. The molecule has 3 heterocycles. The maximum Gasteiger partial charge on any atom is 0.407 e. The zero-order valence-corrected chi connectivity index (χ0v) is 20.8. The molecule has 1 aromatic heterocycles. The molecule has 7 nitrogen and oxygen atoms in total. The summed E-state index contributed by atoms with van der Waals surface area (Å²) in [5, 5.41) is 2.91. The Balaban J connectivity index is 1.63. The van der Waals surface area contributed by atoms with Crippen molar-refractivity contribution in [2.24, 2.45) is 17.8 Å². The van der Waals surface area contributed by atoms with Crippen molar-refractivity contribution in [1.29, 1.82) is 0 Å². The predicted octanol–water partition coefficient (Wildman–Crippen LogP) is 4.08. The fourth-order valence-corrected chi connectivity index (χ4v) is 6.62. The van der Waals surface area contributed by atoms with E-state index in [1.54, 1.807) is 20.8 Å². The number of alkyl halides is 2. The number of hydrogen-bond acceptors (Lipinski definition) is 7. The number of esters is 1. The zero-order valence-electron chi connectivity index (χ0n) is 18.4. The first kappa shape index (κ1) is 23.7. The summed E-state index contributed by atoms with van der Waals surface area (Å²) in [6, 6.07) is -0.422. The van der Waals surface area contributed by atoms with Crippen molar-refractivity contribution in [2.45, 2.75) is 44.8 Å². The molecule has 1 aromatic rings. The average molecular weight is 537 g/mol. The average Bonchev–Trinajstić information content (AvgIpc) is 2.97. The molecule has 1 N–H and O–H groups in total. The Hall–Kier alpha value is -1.46. The number of halogens is 3. The molecule has 2 fully saturated rings. The molecule has 0 spiro atoms. The minimum atomic E-state index is -2.97. The lowest BCUT2D eigenvalue weighted by Crippen LogP contribution is -2.52. The Morgan fingerprint density at radius 2 is 2.00 bits per heavy atom. The van der Waals surface area contributed by atoms with E-state index in [1.807, 2.05) is 0 Å². The zero-order chi connectivity index (χ0) is 23.4. The Morgan fingerprint density at radius 3 is 2.59 bits per heavy atom. The SMILES string of the molecule is COC(=O)c1sc(Br)c2c1N(CC(NC(=O)OC(C)(C)C)C1C3COCC31)CC(F)(F)C2. The molecule has 1 saturated heterocycles. The number of nitrogens with one attached hydrogen (secondary N) is 1.